The fourth-order valence-electron chi connectivity index (χ4n) is 2.70. The summed E-state index contributed by atoms with van der Waals surface area (Å²) >= 11 is 0. The SMILES string of the molecule is CC(C)(C)OC(=O)N1CC(CC(=O)O)(NC2(CO)CC2)C1. The highest BCUT2D eigenvalue weighted by Crippen LogP contribution is 2.40. The average Bonchev–Trinajstić information content (AvgIpc) is 3.02. The van der Waals surface area contributed by atoms with Crippen LogP contribution in [-0.2, 0) is 9.53 Å². The van der Waals surface area contributed by atoms with Gasteiger partial charge in [0.1, 0.15) is 5.60 Å². The van der Waals surface area contributed by atoms with Gasteiger partial charge < -0.3 is 19.8 Å². The number of carbonyl (C=O) groups is 2. The van der Waals surface area contributed by atoms with Crippen LogP contribution in [0.3, 0.4) is 0 Å². The van der Waals surface area contributed by atoms with Crippen molar-refractivity contribution in [2.45, 2.75) is 56.7 Å². The number of amides is 1. The lowest BCUT2D eigenvalue weighted by Gasteiger charge is -2.51. The number of aliphatic hydroxyl groups is 1. The number of hydrogen-bond acceptors (Lipinski definition) is 5. The number of nitrogens with one attached hydrogen (secondary N) is 1. The van der Waals surface area contributed by atoms with Gasteiger partial charge in [-0.25, -0.2) is 4.79 Å². The smallest absolute Gasteiger partial charge is 0.410 e. The van der Waals surface area contributed by atoms with Gasteiger partial charge in [0.05, 0.1) is 18.6 Å². The number of aliphatic carboxylic acids is 1. The van der Waals surface area contributed by atoms with Crippen LogP contribution >= 0.6 is 0 Å². The highest BCUT2D eigenvalue weighted by Gasteiger charge is 2.55. The van der Waals surface area contributed by atoms with Gasteiger partial charge in [-0.3, -0.25) is 10.1 Å². The van der Waals surface area contributed by atoms with Gasteiger partial charge in [-0.05, 0) is 33.6 Å². The molecule has 0 aromatic rings. The second kappa shape index (κ2) is 5.14. The maximum atomic E-state index is 11.9. The second-order valence-corrected chi connectivity index (χ2v) is 7.25. The number of hydrogen-bond donors (Lipinski definition) is 3. The van der Waals surface area contributed by atoms with Crippen molar-refractivity contribution in [1.29, 1.82) is 0 Å². The Balaban J connectivity index is 1.96. The molecule has 0 spiro atoms. The predicted octanol–water partition coefficient (Wildman–Crippen LogP) is 0.565. The Morgan fingerprint density at radius 2 is 1.81 bits per heavy atom. The molecule has 0 radical (unpaired) electrons. The Morgan fingerprint density at radius 1 is 1.24 bits per heavy atom. The predicted molar refractivity (Wildman–Crippen MR) is 75.0 cm³/mol. The van der Waals surface area contributed by atoms with E-state index in [2.05, 4.69) is 5.32 Å². The van der Waals surface area contributed by atoms with E-state index in [1.165, 1.54) is 4.90 Å². The van der Waals surface area contributed by atoms with Crippen molar-refractivity contribution in [1.82, 2.24) is 10.2 Å². The zero-order valence-electron chi connectivity index (χ0n) is 12.8. The molecule has 1 amide bonds. The van der Waals surface area contributed by atoms with E-state index < -0.39 is 23.2 Å². The maximum absolute atomic E-state index is 11.9. The molecule has 0 atom stereocenters. The van der Waals surface area contributed by atoms with E-state index in [-0.39, 0.29) is 31.7 Å². The first-order chi connectivity index (χ1) is 9.59. The van der Waals surface area contributed by atoms with Gasteiger partial charge in [0.25, 0.3) is 0 Å². The quantitative estimate of drug-likeness (QED) is 0.686. The van der Waals surface area contributed by atoms with Crippen molar-refractivity contribution >= 4 is 12.1 Å². The first-order valence-electron chi connectivity index (χ1n) is 7.19. The molecule has 0 bridgehead atoms. The number of nitrogens with zero attached hydrogens (tertiary/aromatic N) is 1. The lowest BCUT2D eigenvalue weighted by atomic mass is 9.85. The number of aliphatic hydroxyl groups excluding tert-OH is 1. The maximum Gasteiger partial charge on any atom is 0.410 e. The van der Waals surface area contributed by atoms with E-state index in [0.717, 1.165) is 12.8 Å². The molecule has 1 aliphatic heterocycles. The topological polar surface area (TPSA) is 99.1 Å². The van der Waals surface area contributed by atoms with Crippen LogP contribution in [0, 0.1) is 0 Å². The van der Waals surface area contributed by atoms with Crippen molar-refractivity contribution in [3.05, 3.63) is 0 Å². The van der Waals surface area contributed by atoms with Crippen LogP contribution < -0.4 is 5.32 Å². The van der Waals surface area contributed by atoms with Gasteiger partial charge >= 0.3 is 12.1 Å². The Labute approximate surface area is 124 Å². The third-order valence-electron chi connectivity index (χ3n) is 3.81. The standard InChI is InChI=1S/C14H24N2O5/c1-12(2,3)21-11(20)16-7-14(8-16,6-10(18)19)15-13(9-17)4-5-13/h15,17H,4-9H2,1-3H3,(H,18,19). The number of ether oxygens (including phenoxy) is 1. The van der Waals surface area contributed by atoms with E-state index in [1.807, 2.05) is 0 Å². The Bertz CT molecular complexity index is 433. The molecule has 1 aliphatic carbocycles. The number of likely N-dealkylation sites (tertiary alicyclic amines) is 1. The highest BCUT2D eigenvalue weighted by atomic mass is 16.6. The molecule has 3 N–H and O–H groups in total. The highest BCUT2D eigenvalue weighted by molar-refractivity contribution is 5.73. The minimum Gasteiger partial charge on any atom is -0.481 e. The van der Waals surface area contributed by atoms with E-state index in [4.69, 9.17) is 9.84 Å². The van der Waals surface area contributed by atoms with Crippen molar-refractivity contribution in [2.75, 3.05) is 19.7 Å². The van der Waals surface area contributed by atoms with Gasteiger partial charge in [-0.1, -0.05) is 0 Å². The normalized spacial score (nSPS) is 22.4. The van der Waals surface area contributed by atoms with Crippen molar-refractivity contribution in [2.24, 2.45) is 0 Å². The molecule has 120 valence electrons. The monoisotopic (exact) mass is 300 g/mol. The molecule has 2 fully saturated rings. The Morgan fingerprint density at radius 3 is 2.19 bits per heavy atom. The largest absolute Gasteiger partial charge is 0.481 e. The minimum absolute atomic E-state index is 0.0131. The summed E-state index contributed by atoms with van der Waals surface area (Å²) < 4.78 is 5.27. The third-order valence-corrected chi connectivity index (χ3v) is 3.81. The molecule has 0 aromatic heterocycles. The number of carboxylic acid groups (broad SMARTS) is 1. The molecular formula is C14H24N2O5. The van der Waals surface area contributed by atoms with Gasteiger partial charge in [0.2, 0.25) is 0 Å². The second-order valence-electron chi connectivity index (χ2n) is 7.25. The van der Waals surface area contributed by atoms with Crippen LogP contribution in [0.25, 0.3) is 0 Å². The summed E-state index contributed by atoms with van der Waals surface area (Å²) in [4.78, 5) is 24.5. The molecule has 1 saturated carbocycles. The van der Waals surface area contributed by atoms with Crippen LogP contribution in [0.5, 0.6) is 0 Å². The molecule has 7 heteroatoms. The lowest BCUT2D eigenvalue weighted by Crippen LogP contribution is -2.73. The zero-order valence-corrected chi connectivity index (χ0v) is 12.8. The van der Waals surface area contributed by atoms with E-state index >= 15 is 0 Å². The Kier molecular flexibility index (Phi) is 3.92. The fourth-order valence-corrected chi connectivity index (χ4v) is 2.70. The summed E-state index contributed by atoms with van der Waals surface area (Å²) in [5.74, 6) is -0.917. The van der Waals surface area contributed by atoms with Crippen LogP contribution in [0.4, 0.5) is 4.79 Å². The number of carbonyl (C=O) groups excluding carboxylic acids is 1. The van der Waals surface area contributed by atoms with Gasteiger partial charge in [-0.2, -0.15) is 0 Å². The summed E-state index contributed by atoms with van der Waals surface area (Å²) in [7, 11) is 0. The summed E-state index contributed by atoms with van der Waals surface area (Å²) in [5, 5.41) is 21.7. The summed E-state index contributed by atoms with van der Waals surface area (Å²) in [6.07, 6.45) is 1.15. The van der Waals surface area contributed by atoms with Gasteiger partial charge in [0, 0.05) is 18.6 Å². The molecule has 0 unspecified atom stereocenters. The molecule has 7 nitrogen and oxygen atoms in total. The lowest BCUT2D eigenvalue weighted by molar-refractivity contribution is -0.141. The van der Waals surface area contributed by atoms with Crippen LogP contribution in [-0.4, -0.2) is 63.6 Å². The summed E-state index contributed by atoms with van der Waals surface area (Å²) in [6.45, 7) is 5.93. The van der Waals surface area contributed by atoms with Gasteiger partial charge in [0.15, 0.2) is 0 Å². The molecule has 0 aromatic carbocycles. The third kappa shape index (κ3) is 3.85. The fraction of sp³-hybridized carbons (Fsp3) is 0.857. The first-order valence-corrected chi connectivity index (χ1v) is 7.19. The molecule has 21 heavy (non-hydrogen) atoms. The van der Waals surface area contributed by atoms with Crippen LogP contribution in [0.1, 0.15) is 40.0 Å². The molecule has 2 rings (SSSR count). The van der Waals surface area contributed by atoms with Crippen LogP contribution in [0.15, 0.2) is 0 Å². The van der Waals surface area contributed by atoms with Gasteiger partial charge in [-0.15, -0.1) is 0 Å². The first kappa shape index (κ1) is 16.0. The molecular weight excluding hydrogens is 276 g/mol. The zero-order chi connectivity index (χ0) is 15.9. The van der Waals surface area contributed by atoms with Crippen molar-refractivity contribution in [3.8, 4) is 0 Å². The minimum atomic E-state index is -0.917. The number of rotatable bonds is 5. The molecule has 1 heterocycles. The van der Waals surface area contributed by atoms with E-state index in [9.17, 15) is 14.7 Å². The summed E-state index contributed by atoms with van der Waals surface area (Å²) in [5.41, 5.74) is -1.60. The van der Waals surface area contributed by atoms with Crippen LogP contribution in [0.2, 0.25) is 0 Å². The molecule has 2 aliphatic rings. The van der Waals surface area contributed by atoms with E-state index in [1.54, 1.807) is 20.8 Å². The average molecular weight is 300 g/mol. The van der Waals surface area contributed by atoms with E-state index in [0.29, 0.717) is 0 Å². The summed E-state index contributed by atoms with van der Waals surface area (Å²) in [6, 6.07) is 0. The Hall–Kier alpha value is -1.34. The molecule has 1 saturated heterocycles. The number of carboxylic acids is 1. The van der Waals surface area contributed by atoms with Crippen molar-refractivity contribution in [3.63, 3.8) is 0 Å². The van der Waals surface area contributed by atoms with Crippen molar-refractivity contribution < 1.29 is 24.5 Å².